The van der Waals surface area contributed by atoms with Crippen LogP contribution in [-0.4, -0.2) is 217 Å². The number of aliphatic hydroxyl groups is 11. The lowest BCUT2D eigenvalue weighted by atomic mass is 9.32. The molecular weight excluding hydrogens is 1160 g/mol. The second-order valence-corrected chi connectivity index (χ2v) is 29.4. The van der Waals surface area contributed by atoms with Crippen molar-refractivity contribution in [1.82, 2.24) is 0 Å². The Labute approximate surface area is 524 Å². The Morgan fingerprint density at radius 1 is 0.708 bits per heavy atom. The normalized spacial score (nSPS) is 45.3. The molecule has 0 unspecified atom stereocenters. The number of ether oxygens (including phenoxy) is 9. The molecule has 0 aromatic carbocycles. The Hall–Kier alpha value is -3.05. The number of esters is 3. The molecule has 3 heterocycles. The van der Waals surface area contributed by atoms with Gasteiger partial charge in [0.2, 0.25) is 0 Å². The van der Waals surface area contributed by atoms with Gasteiger partial charge < -0.3 is 98.8 Å². The first kappa shape index (κ1) is 71.8. The summed E-state index contributed by atoms with van der Waals surface area (Å²) in [4.78, 5) is 42.3. The smallest absolute Gasteiger partial charge is 0.338 e. The number of carbonyl (C=O) groups is 3. The van der Waals surface area contributed by atoms with E-state index < -0.39 is 199 Å². The van der Waals surface area contributed by atoms with E-state index >= 15 is 0 Å². The summed E-state index contributed by atoms with van der Waals surface area (Å²) >= 11 is 0. The number of unbranched alkanes of at least 4 members (excludes halogenated alkanes) is 1. The first-order chi connectivity index (χ1) is 41.7. The highest BCUT2D eigenvalue weighted by Crippen LogP contribution is 2.76. The van der Waals surface area contributed by atoms with E-state index in [-0.39, 0.29) is 18.4 Å². The van der Waals surface area contributed by atoms with Gasteiger partial charge in [-0.1, -0.05) is 105 Å². The predicted octanol–water partition coefficient (Wildman–Crippen LogP) is 3.33. The van der Waals surface area contributed by atoms with Gasteiger partial charge >= 0.3 is 17.9 Å². The Morgan fingerprint density at radius 3 is 1.92 bits per heavy atom. The molecule has 0 spiro atoms. The summed E-state index contributed by atoms with van der Waals surface area (Å²) in [6.45, 7) is 23.5. The molecule has 0 aromatic rings. The average molecular weight is 1270 g/mol. The molecular formula is C66H106O23. The Bertz CT molecular complexity index is 2570. The van der Waals surface area contributed by atoms with E-state index in [1.807, 2.05) is 55.4 Å². The second-order valence-electron chi connectivity index (χ2n) is 29.4. The molecule has 3 saturated heterocycles. The SMILES string of the molecule is CCCCOC(=O)[C@H]1O[C@@H](O[C@@H]2CC[C@]3(C)[C@@H](CC[C@@]4(C)[C@H]3CC=C3[C@H]5CC(C)(C)[C@H](OC(=O)/C=C(\C)CCC=C(C)C)[C@H](OC(=O)[C@H](C)CC)[C@]5(CO)[C@@H](O)[C@@H](O)[C@]34C)C2(C)C)[C@H](O[C@H]2O[C@H](CO)[C@H](O)[C@H](O)[C@@H]2O)[C@H](O)[C@@H]1O[C@H]1O[C@H](CO)[C@@H](O)[C@@H]1O. The van der Waals surface area contributed by atoms with Gasteiger partial charge in [-0.25, -0.2) is 9.59 Å². The van der Waals surface area contributed by atoms with Crippen LogP contribution >= 0.6 is 0 Å². The minimum absolute atomic E-state index is 0.0493. The van der Waals surface area contributed by atoms with E-state index in [0.29, 0.717) is 64.2 Å². The third-order valence-electron chi connectivity index (χ3n) is 23.1. The molecule has 3 aliphatic heterocycles. The molecule has 23 heteroatoms. The molecule has 0 radical (unpaired) electrons. The maximum atomic E-state index is 14.2. The summed E-state index contributed by atoms with van der Waals surface area (Å²) in [7, 11) is 0. The van der Waals surface area contributed by atoms with Crippen LogP contribution in [0.4, 0.5) is 0 Å². The topological polar surface area (TPSA) is 357 Å². The number of fused-ring (bicyclic) bond motifs is 7. The molecule has 7 fully saturated rings. The maximum absolute atomic E-state index is 14.2. The van der Waals surface area contributed by atoms with E-state index in [1.54, 1.807) is 6.92 Å². The molecule has 0 amide bonds. The van der Waals surface area contributed by atoms with Gasteiger partial charge in [0.15, 0.2) is 31.1 Å². The van der Waals surface area contributed by atoms with Crippen molar-refractivity contribution in [2.75, 3.05) is 26.4 Å². The van der Waals surface area contributed by atoms with Crippen LogP contribution in [0.2, 0.25) is 0 Å². The van der Waals surface area contributed by atoms with Crippen molar-refractivity contribution in [2.45, 2.75) is 277 Å². The van der Waals surface area contributed by atoms with Crippen LogP contribution < -0.4 is 0 Å². The number of hydrogen-bond acceptors (Lipinski definition) is 23. The maximum Gasteiger partial charge on any atom is 0.338 e. The fourth-order valence-electron chi connectivity index (χ4n) is 17.4. The lowest BCUT2D eigenvalue weighted by molar-refractivity contribution is -0.383. The molecule has 5 aliphatic carbocycles. The zero-order valence-electron chi connectivity index (χ0n) is 54.4. The van der Waals surface area contributed by atoms with Crippen molar-refractivity contribution in [3.8, 4) is 0 Å². The van der Waals surface area contributed by atoms with Crippen LogP contribution in [0.15, 0.2) is 34.9 Å². The number of allylic oxidation sites excluding steroid dienone is 4. The van der Waals surface area contributed by atoms with Gasteiger partial charge in [0.25, 0.3) is 0 Å². The fourth-order valence-corrected chi connectivity index (χ4v) is 17.4. The average Bonchev–Trinajstić information content (AvgIpc) is 0.907. The van der Waals surface area contributed by atoms with E-state index in [4.69, 9.17) is 42.6 Å². The van der Waals surface area contributed by atoms with Crippen molar-refractivity contribution in [2.24, 2.45) is 56.2 Å². The molecule has 8 rings (SSSR count). The molecule has 4 saturated carbocycles. The van der Waals surface area contributed by atoms with Gasteiger partial charge in [-0.05, 0) is 119 Å². The molecule has 0 aromatic heterocycles. The molecule has 8 aliphatic rings. The molecule has 11 N–H and O–H groups in total. The van der Waals surface area contributed by atoms with Gasteiger partial charge in [-0.3, -0.25) is 4.79 Å². The summed E-state index contributed by atoms with van der Waals surface area (Å²) in [6.07, 6.45) is -19.4. The summed E-state index contributed by atoms with van der Waals surface area (Å²) < 4.78 is 55.8. The van der Waals surface area contributed by atoms with E-state index in [2.05, 4.69) is 39.8 Å². The third kappa shape index (κ3) is 12.8. The largest absolute Gasteiger partial charge is 0.464 e. The van der Waals surface area contributed by atoms with Gasteiger partial charge in [0.05, 0.1) is 56.1 Å². The molecule has 27 atom stereocenters. The number of aliphatic hydroxyl groups excluding tert-OH is 11. The van der Waals surface area contributed by atoms with E-state index in [0.717, 1.165) is 23.1 Å². The summed E-state index contributed by atoms with van der Waals surface area (Å²) in [5, 5.41) is 125. The standard InChI is InChI=1S/C66H106O23/c1-14-16-26-81-57(80)51-49(86-58-46(74)44(72)38(30-68)83-58)48(76)50(87-59-47(75)45(73)43(71)37(29-67)82-59)60(88-51)84-41-23-24-63(11)39(62(41,9)10)22-25-64(12)40(63)21-20-35-36-28-61(7,8)54(85-42(70)27-33(5)19-17-18-32(3)4)55(89-56(79)34(6)15-2)66(36,31-69)53(78)52(77)65(35,64)13/h18,20,27,34,36-41,43-55,58-60,67-69,71-78H,14-17,19,21-26,28-31H2,1-13H3/b33-27+/t34-,36-,37-,38-,39+,40+,41-,43+,44-,45+,46+,47+,48-,49+,50-,51+,52-,53+,54-,55+,58-,59-,60-,63-,64+,65+,66+/m1/s1. The van der Waals surface area contributed by atoms with Crippen molar-refractivity contribution < 1.29 is 113 Å². The lowest BCUT2D eigenvalue weighted by Crippen LogP contribution is -2.76. The molecule has 508 valence electrons. The van der Waals surface area contributed by atoms with Gasteiger partial charge in [0.1, 0.15) is 67.1 Å². The predicted molar refractivity (Wildman–Crippen MR) is 318 cm³/mol. The number of rotatable bonds is 21. The van der Waals surface area contributed by atoms with Crippen LogP contribution in [0.1, 0.15) is 161 Å². The van der Waals surface area contributed by atoms with Crippen molar-refractivity contribution in [1.29, 1.82) is 0 Å². The highest BCUT2D eigenvalue weighted by Gasteiger charge is 2.76. The van der Waals surface area contributed by atoms with Crippen molar-refractivity contribution in [3.63, 3.8) is 0 Å². The molecule has 89 heavy (non-hydrogen) atoms. The summed E-state index contributed by atoms with van der Waals surface area (Å²) in [5.41, 5.74) is -2.87. The van der Waals surface area contributed by atoms with Crippen molar-refractivity contribution >= 4 is 17.9 Å². The number of hydrogen-bond donors (Lipinski definition) is 11. The van der Waals surface area contributed by atoms with E-state index in [1.165, 1.54) is 6.08 Å². The van der Waals surface area contributed by atoms with Crippen LogP contribution in [0, 0.1) is 56.2 Å². The Morgan fingerprint density at radius 2 is 1.33 bits per heavy atom. The van der Waals surface area contributed by atoms with Crippen molar-refractivity contribution in [3.05, 3.63) is 34.9 Å². The van der Waals surface area contributed by atoms with Crippen LogP contribution in [0.3, 0.4) is 0 Å². The summed E-state index contributed by atoms with van der Waals surface area (Å²) in [5.74, 6) is -3.69. The fraction of sp³-hybridized carbons (Fsp3) is 0.864. The monoisotopic (exact) mass is 1270 g/mol. The highest BCUT2D eigenvalue weighted by molar-refractivity contribution is 5.83. The highest BCUT2D eigenvalue weighted by atomic mass is 16.8. The van der Waals surface area contributed by atoms with Gasteiger partial charge in [0, 0.05) is 16.9 Å². The first-order valence-corrected chi connectivity index (χ1v) is 32.5. The van der Waals surface area contributed by atoms with Crippen LogP contribution in [0.25, 0.3) is 0 Å². The van der Waals surface area contributed by atoms with Gasteiger partial charge in [-0.15, -0.1) is 0 Å². The lowest BCUT2D eigenvalue weighted by Gasteiger charge is -2.73. The quantitative estimate of drug-likeness (QED) is 0.0196. The molecule has 0 bridgehead atoms. The summed E-state index contributed by atoms with van der Waals surface area (Å²) in [6, 6.07) is 0. The second kappa shape index (κ2) is 27.7. The zero-order valence-corrected chi connectivity index (χ0v) is 54.4. The first-order valence-electron chi connectivity index (χ1n) is 32.5. The Balaban J connectivity index is 1.13. The van der Waals surface area contributed by atoms with Gasteiger partial charge in [-0.2, -0.15) is 0 Å². The zero-order chi connectivity index (χ0) is 65.8. The van der Waals surface area contributed by atoms with Crippen LogP contribution in [0.5, 0.6) is 0 Å². The molecule has 23 nitrogen and oxygen atoms in total. The van der Waals surface area contributed by atoms with Crippen LogP contribution in [-0.2, 0) is 57.0 Å². The number of carbonyl (C=O) groups excluding carboxylic acids is 3. The minimum atomic E-state index is -1.99. The minimum Gasteiger partial charge on any atom is -0.464 e. The van der Waals surface area contributed by atoms with E-state index in [9.17, 15) is 70.6 Å². The third-order valence-corrected chi connectivity index (χ3v) is 23.1. The Kier molecular flexibility index (Phi) is 22.4.